The largest absolute Gasteiger partial charge is 0.493 e. The summed E-state index contributed by atoms with van der Waals surface area (Å²) < 4.78 is 41.7. The molecule has 0 saturated carbocycles. The maximum absolute atomic E-state index is 14.8. The number of methoxy groups -OCH3 is 3. The van der Waals surface area contributed by atoms with Gasteiger partial charge >= 0.3 is 0 Å². The number of hydrogen-bond acceptors (Lipinski definition) is 9. The van der Waals surface area contributed by atoms with E-state index in [0.717, 1.165) is 22.4 Å². The van der Waals surface area contributed by atoms with Crippen LogP contribution in [-0.4, -0.2) is 40.5 Å². The molecular weight excluding hydrogens is 634 g/mol. The Morgan fingerprint density at radius 1 is 0.840 bits per heavy atom. The number of rotatable bonds is 13. The second-order valence-electron chi connectivity index (χ2n) is 12.8. The molecule has 0 amide bonds. The first-order valence-corrected chi connectivity index (χ1v) is 16.5. The smallest absolute Gasteiger partial charge is 0.204 e. The van der Waals surface area contributed by atoms with Crippen molar-refractivity contribution in [3.05, 3.63) is 123 Å². The van der Waals surface area contributed by atoms with Crippen LogP contribution in [0.3, 0.4) is 0 Å². The predicted octanol–water partition coefficient (Wildman–Crippen LogP) is 8.32. The molecule has 4 aromatic carbocycles. The number of benzene rings is 4. The van der Waals surface area contributed by atoms with E-state index in [1.807, 2.05) is 76.2 Å². The average molecular weight is 678 g/mol. The van der Waals surface area contributed by atoms with Crippen molar-refractivity contribution in [1.82, 2.24) is 5.32 Å². The summed E-state index contributed by atoms with van der Waals surface area (Å²) in [5.74, 6) is 1.64. The Morgan fingerprint density at radius 3 is 2.06 bits per heavy atom. The highest BCUT2D eigenvalue weighted by Gasteiger charge is 2.36. The minimum absolute atomic E-state index is 0.00862. The highest BCUT2D eigenvalue weighted by atomic mass is 16.7. The number of nitrogens with one attached hydrogen (secondary N) is 1. The van der Waals surface area contributed by atoms with Gasteiger partial charge in [-0.2, -0.15) is 0 Å². The third-order valence-electron chi connectivity index (χ3n) is 8.67. The summed E-state index contributed by atoms with van der Waals surface area (Å²) in [6.07, 6.45) is 4.44. The number of hydrogen-bond donors (Lipinski definition) is 1. The number of ether oxygens (including phenoxy) is 6. The lowest BCUT2D eigenvalue weighted by Crippen LogP contribution is -2.41. The van der Waals surface area contributed by atoms with Gasteiger partial charge in [0, 0.05) is 31.9 Å². The van der Waals surface area contributed by atoms with E-state index in [-0.39, 0.29) is 30.4 Å². The molecular formula is C41H43NO8. The summed E-state index contributed by atoms with van der Waals surface area (Å²) in [5, 5.41) is 4.40. The van der Waals surface area contributed by atoms with Crippen molar-refractivity contribution in [2.24, 2.45) is 0 Å². The second-order valence-corrected chi connectivity index (χ2v) is 12.8. The molecule has 1 aliphatic heterocycles. The van der Waals surface area contributed by atoms with Crippen molar-refractivity contribution in [3.63, 3.8) is 0 Å². The molecule has 50 heavy (non-hydrogen) atoms. The van der Waals surface area contributed by atoms with Gasteiger partial charge in [-0.3, -0.25) is 4.79 Å². The Balaban J connectivity index is 1.60. The lowest BCUT2D eigenvalue weighted by molar-refractivity contribution is 0.0491. The van der Waals surface area contributed by atoms with Crippen LogP contribution in [0, 0.1) is 0 Å². The van der Waals surface area contributed by atoms with Crippen LogP contribution >= 0.6 is 0 Å². The predicted molar refractivity (Wildman–Crippen MR) is 195 cm³/mol. The first-order valence-electron chi connectivity index (χ1n) is 16.5. The summed E-state index contributed by atoms with van der Waals surface area (Å²) >= 11 is 0. The van der Waals surface area contributed by atoms with E-state index in [0.29, 0.717) is 57.1 Å². The fraction of sp³-hybridized carbons (Fsp3) is 0.293. The van der Waals surface area contributed by atoms with Crippen LogP contribution in [0.5, 0.6) is 23.0 Å². The van der Waals surface area contributed by atoms with Gasteiger partial charge in [-0.15, -0.1) is 0 Å². The van der Waals surface area contributed by atoms with Crippen molar-refractivity contribution in [3.8, 4) is 23.0 Å². The Hall–Kier alpha value is -5.25. The minimum Gasteiger partial charge on any atom is -0.493 e. The fourth-order valence-electron chi connectivity index (χ4n) is 6.28. The molecule has 6 rings (SSSR count). The van der Waals surface area contributed by atoms with Gasteiger partial charge in [0.05, 0.1) is 29.8 Å². The zero-order valence-corrected chi connectivity index (χ0v) is 29.5. The molecule has 5 aromatic rings. The quantitative estimate of drug-likeness (QED) is 0.0750. The topological polar surface area (TPSA) is 97.6 Å². The first-order chi connectivity index (χ1) is 24.2. The monoisotopic (exact) mass is 677 g/mol. The molecule has 0 radical (unpaired) electrons. The number of allylic oxidation sites excluding steroid dienone is 2. The van der Waals surface area contributed by atoms with E-state index >= 15 is 0 Å². The molecule has 260 valence electrons. The van der Waals surface area contributed by atoms with E-state index in [1.54, 1.807) is 19.2 Å². The van der Waals surface area contributed by atoms with Crippen molar-refractivity contribution in [2.45, 2.75) is 45.8 Å². The molecule has 1 aliphatic rings. The second kappa shape index (κ2) is 14.7. The minimum atomic E-state index is -0.787. The van der Waals surface area contributed by atoms with E-state index in [1.165, 1.54) is 14.2 Å². The first kappa shape index (κ1) is 34.6. The molecule has 0 fully saturated rings. The molecule has 9 heteroatoms. The Morgan fingerprint density at radius 2 is 1.46 bits per heavy atom. The zero-order chi connectivity index (χ0) is 35.4. The molecule has 0 saturated heterocycles. The number of fused-ring (bicyclic) bond motifs is 3. The Labute approximate surface area is 292 Å². The lowest BCUT2D eigenvalue weighted by Gasteiger charge is -2.37. The van der Waals surface area contributed by atoms with Gasteiger partial charge in [0.15, 0.2) is 25.1 Å². The molecule has 0 unspecified atom stereocenters. The van der Waals surface area contributed by atoms with Crippen molar-refractivity contribution in [2.75, 3.05) is 34.9 Å². The van der Waals surface area contributed by atoms with Gasteiger partial charge in [0.2, 0.25) is 5.43 Å². The zero-order valence-electron chi connectivity index (χ0n) is 29.5. The highest BCUT2D eigenvalue weighted by molar-refractivity contribution is 5.99. The Bertz CT molecular complexity index is 2070. The molecule has 0 spiro atoms. The van der Waals surface area contributed by atoms with Crippen molar-refractivity contribution < 1.29 is 32.8 Å². The van der Waals surface area contributed by atoms with E-state index in [4.69, 9.17) is 32.8 Å². The van der Waals surface area contributed by atoms with Gasteiger partial charge in [0.25, 0.3) is 0 Å². The van der Waals surface area contributed by atoms with Crippen LogP contribution in [0.2, 0.25) is 0 Å². The maximum Gasteiger partial charge on any atom is 0.204 e. The maximum atomic E-state index is 14.8. The van der Waals surface area contributed by atoms with Crippen molar-refractivity contribution in [1.29, 1.82) is 0 Å². The van der Waals surface area contributed by atoms with Crippen LogP contribution in [0.1, 0.15) is 56.0 Å². The average Bonchev–Trinajstić information content (AvgIpc) is 3.10. The van der Waals surface area contributed by atoms with Crippen molar-refractivity contribution >= 4 is 28.0 Å². The van der Waals surface area contributed by atoms with Gasteiger partial charge < -0.3 is 38.2 Å². The lowest BCUT2D eigenvalue weighted by atomic mass is 9.92. The van der Waals surface area contributed by atoms with Gasteiger partial charge in [-0.1, -0.05) is 72.3 Å². The van der Waals surface area contributed by atoms with E-state index < -0.39 is 5.60 Å². The molecule has 9 nitrogen and oxygen atoms in total. The molecule has 0 atom stereocenters. The molecule has 2 heterocycles. The van der Waals surface area contributed by atoms with Gasteiger partial charge in [0.1, 0.15) is 33.7 Å². The fourth-order valence-corrected chi connectivity index (χ4v) is 6.28. The van der Waals surface area contributed by atoms with Crippen LogP contribution in [0.25, 0.3) is 28.0 Å². The van der Waals surface area contributed by atoms with Crippen LogP contribution < -0.4 is 29.7 Å². The summed E-state index contributed by atoms with van der Waals surface area (Å²) in [5.41, 5.74) is 4.88. The molecule has 1 aromatic heterocycles. The normalized spacial score (nSPS) is 13.4. The summed E-state index contributed by atoms with van der Waals surface area (Å²) in [6.45, 7) is 7.89. The third-order valence-corrected chi connectivity index (χ3v) is 8.67. The van der Waals surface area contributed by atoms with E-state index in [9.17, 15) is 4.79 Å². The third kappa shape index (κ3) is 6.79. The Kier molecular flexibility index (Phi) is 10.2. The molecule has 0 aliphatic carbocycles. The molecule has 1 N–H and O–H groups in total. The van der Waals surface area contributed by atoms with E-state index in [2.05, 4.69) is 29.6 Å². The van der Waals surface area contributed by atoms with Gasteiger partial charge in [-0.05, 0) is 51.3 Å². The van der Waals surface area contributed by atoms with Crippen LogP contribution in [-0.2, 0) is 15.9 Å². The standard InChI is InChI=1S/C41H43NO8/c1-25(2)18-19-28-35-31(22-33(39(28)46-7)47-23-44-5)49-32-21-30-29(40(48-24-45-6)36(32)38(35)43)20-34(41(3,4)50-30)42-37(26-14-10-8-11-15-26)27-16-12-9-13-17-27/h8-18,20-22,37,42H,19,23-24H2,1-7H3. The van der Waals surface area contributed by atoms with Crippen LogP contribution in [0.15, 0.2) is 99.4 Å². The summed E-state index contributed by atoms with van der Waals surface area (Å²) in [6, 6.07) is 23.7. The van der Waals surface area contributed by atoms with Gasteiger partial charge in [-0.25, -0.2) is 0 Å². The highest BCUT2D eigenvalue weighted by Crippen LogP contribution is 2.46. The SMILES string of the molecule is COCOc1cc2oc3cc4c(c(OCOC)c3c(=O)c2c(CC=C(C)C)c1OC)C=C(NC(c1ccccc1)c1ccccc1)C(C)(C)O4. The molecule has 0 bridgehead atoms. The van der Waals surface area contributed by atoms with Crippen LogP contribution in [0.4, 0.5) is 0 Å². The summed E-state index contributed by atoms with van der Waals surface area (Å²) in [7, 11) is 4.62. The summed E-state index contributed by atoms with van der Waals surface area (Å²) in [4.78, 5) is 14.8.